The highest BCUT2D eigenvalue weighted by Crippen LogP contribution is 2.36. The molecule has 0 radical (unpaired) electrons. The number of carbonyl (C=O) groups excluding carboxylic acids is 1. The SMILES string of the molecule is O=C([O-])CC(O)CC(O)CCn1c(-c2ccccc2)nc(-c2ccncn2)c1-c1ccc(F)cc1. The van der Waals surface area contributed by atoms with Crippen LogP contribution in [0, 0.1) is 5.82 Å². The minimum atomic E-state index is -1.38. The molecule has 4 rings (SSSR count). The third-order valence-electron chi connectivity index (χ3n) is 5.57. The molecular formula is C26H24FN4O4-. The zero-order valence-electron chi connectivity index (χ0n) is 18.8. The molecule has 4 aromatic rings. The van der Waals surface area contributed by atoms with Crippen molar-refractivity contribution in [2.75, 3.05) is 0 Å². The van der Waals surface area contributed by atoms with Gasteiger partial charge in [-0.25, -0.2) is 19.3 Å². The quantitative estimate of drug-likeness (QED) is 0.361. The highest BCUT2D eigenvalue weighted by Gasteiger charge is 2.23. The van der Waals surface area contributed by atoms with Crippen LogP contribution < -0.4 is 5.11 Å². The Kier molecular flexibility index (Phi) is 7.59. The molecule has 0 fully saturated rings. The summed E-state index contributed by atoms with van der Waals surface area (Å²) in [5.41, 5.74) is 3.39. The summed E-state index contributed by atoms with van der Waals surface area (Å²) in [4.78, 5) is 24.0. The van der Waals surface area contributed by atoms with Crippen LogP contribution in [0.25, 0.3) is 34.0 Å². The topological polar surface area (TPSA) is 124 Å². The molecule has 2 unspecified atom stereocenters. The second-order valence-electron chi connectivity index (χ2n) is 8.16. The van der Waals surface area contributed by atoms with E-state index in [1.165, 1.54) is 18.5 Å². The van der Waals surface area contributed by atoms with Crippen molar-refractivity contribution >= 4 is 5.97 Å². The molecule has 2 aromatic carbocycles. The summed E-state index contributed by atoms with van der Waals surface area (Å²) in [7, 11) is 0. The van der Waals surface area contributed by atoms with Crippen molar-refractivity contribution in [2.45, 2.75) is 38.0 Å². The number of halogens is 1. The first-order valence-corrected chi connectivity index (χ1v) is 11.2. The van der Waals surface area contributed by atoms with Gasteiger partial charge < -0.3 is 24.7 Å². The van der Waals surface area contributed by atoms with Gasteiger partial charge >= 0.3 is 0 Å². The number of aliphatic hydroxyl groups is 2. The molecule has 0 amide bonds. The zero-order valence-corrected chi connectivity index (χ0v) is 18.8. The van der Waals surface area contributed by atoms with Crippen molar-refractivity contribution in [1.82, 2.24) is 19.5 Å². The van der Waals surface area contributed by atoms with Crippen LogP contribution in [0.2, 0.25) is 0 Å². The van der Waals surface area contributed by atoms with Crippen LogP contribution in [0.3, 0.4) is 0 Å². The van der Waals surface area contributed by atoms with Gasteiger partial charge in [-0.1, -0.05) is 30.3 Å². The van der Waals surface area contributed by atoms with E-state index in [0.29, 0.717) is 35.0 Å². The van der Waals surface area contributed by atoms with Crippen LogP contribution in [0.15, 0.2) is 73.2 Å². The molecule has 0 saturated heterocycles. The Morgan fingerprint density at radius 2 is 1.74 bits per heavy atom. The van der Waals surface area contributed by atoms with Crippen molar-refractivity contribution in [3.05, 3.63) is 79.0 Å². The number of carbonyl (C=O) groups is 1. The smallest absolute Gasteiger partial charge is 0.141 e. The van der Waals surface area contributed by atoms with Gasteiger partial charge in [-0.2, -0.15) is 0 Å². The number of aromatic nitrogens is 4. The van der Waals surface area contributed by atoms with Crippen LogP contribution in [0.5, 0.6) is 0 Å². The Morgan fingerprint density at radius 1 is 1.00 bits per heavy atom. The van der Waals surface area contributed by atoms with E-state index in [4.69, 9.17) is 4.98 Å². The van der Waals surface area contributed by atoms with Crippen LogP contribution in [-0.4, -0.2) is 47.9 Å². The van der Waals surface area contributed by atoms with Gasteiger partial charge in [-0.3, -0.25) is 0 Å². The number of hydrogen-bond acceptors (Lipinski definition) is 7. The van der Waals surface area contributed by atoms with Crippen LogP contribution in [-0.2, 0) is 11.3 Å². The fraction of sp³-hybridized carbons (Fsp3) is 0.231. The fourth-order valence-corrected chi connectivity index (χ4v) is 3.97. The molecule has 0 aliphatic heterocycles. The number of aliphatic carboxylic acids is 1. The number of carboxylic acid groups (broad SMARTS) is 1. The molecule has 9 heteroatoms. The Bertz CT molecular complexity index is 1260. The summed E-state index contributed by atoms with van der Waals surface area (Å²) in [6.07, 6.45) is 0.439. The molecular weight excluding hydrogens is 451 g/mol. The van der Waals surface area contributed by atoms with E-state index < -0.39 is 24.6 Å². The van der Waals surface area contributed by atoms with E-state index >= 15 is 0 Å². The van der Waals surface area contributed by atoms with E-state index in [-0.39, 0.29) is 18.7 Å². The van der Waals surface area contributed by atoms with Crippen molar-refractivity contribution in [3.63, 3.8) is 0 Å². The molecule has 0 bridgehead atoms. The zero-order chi connectivity index (χ0) is 24.8. The molecule has 35 heavy (non-hydrogen) atoms. The summed E-state index contributed by atoms with van der Waals surface area (Å²) < 4.78 is 15.6. The minimum absolute atomic E-state index is 0.103. The van der Waals surface area contributed by atoms with Crippen LogP contribution >= 0.6 is 0 Å². The number of benzene rings is 2. The Hall–Kier alpha value is -3.95. The molecule has 0 saturated carbocycles. The third kappa shape index (κ3) is 5.95. The second-order valence-corrected chi connectivity index (χ2v) is 8.16. The monoisotopic (exact) mass is 475 g/mol. The van der Waals surface area contributed by atoms with Crippen molar-refractivity contribution in [3.8, 4) is 34.0 Å². The minimum Gasteiger partial charge on any atom is -0.550 e. The van der Waals surface area contributed by atoms with Gasteiger partial charge in [-0.05, 0) is 43.2 Å². The van der Waals surface area contributed by atoms with Gasteiger partial charge in [0, 0.05) is 36.3 Å². The number of carboxylic acids is 1. The number of aliphatic hydroxyl groups excluding tert-OH is 2. The number of nitrogens with zero attached hydrogens (tertiary/aromatic N) is 4. The van der Waals surface area contributed by atoms with Gasteiger partial charge in [0.15, 0.2) is 0 Å². The van der Waals surface area contributed by atoms with Crippen LogP contribution in [0.4, 0.5) is 4.39 Å². The summed E-state index contributed by atoms with van der Waals surface area (Å²) in [6.45, 7) is 0.300. The first kappa shape index (κ1) is 24.2. The average Bonchev–Trinajstić information content (AvgIpc) is 3.23. The van der Waals surface area contributed by atoms with Gasteiger partial charge in [0.1, 0.15) is 23.7 Å². The standard InChI is InChI=1S/C26H25FN4O4/c27-19-8-6-17(7-9-19)25-24(22-10-12-28-16-29-22)30-26(18-4-2-1-3-5-18)31(25)13-11-20(32)14-21(33)15-23(34)35/h1-10,12,16,20-21,32-33H,11,13-15H2,(H,34,35)/p-1. The normalized spacial score (nSPS) is 12.9. The summed E-state index contributed by atoms with van der Waals surface area (Å²) in [5.74, 6) is -1.12. The predicted molar refractivity (Wildman–Crippen MR) is 125 cm³/mol. The molecule has 0 spiro atoms. The Labute approximate surface area is 201 Å². The lowest BCUT2D eigenvalue weighted by atomic mass is 10.1. The van der Waals surface area contributed by atoms with E-state index in [9.17, 15) is 24.5 Å². The first-order chi connectivity index (χ1) is 16.9. The maximum atomic E-state index is 13.7. The number of rotatable bonds is 10. The lowest BCUT2D eigenvalue weighted by Crippen LogP contribution is -2.29. The van der Waals surface area contributed by atoms with Crippen molar-refractivity contribution in [1.29, 1.82) is 0 Å². The summed E-state index contributed by atoms with van der Waals surface area (Å²) in [5, 5.41) is 31.1. The Morgan fingerprint density at radius 3 is 2.40 bits per heavy atom. The summed E-state index contributed by atoms with van der Waals surface area (Å²) >= 11 is 0. The number of hydrogen-bond donors (Lipinski definition) is 2. The third-order valence-corrected chi connectivity index (χ3v) is 5.57. The highest BCUT2D eigenvalue weighted by molar-refractivity contribution is 5.80. The lowest BCUT2D eigenvalue weighted by Gasteiger charge is -2.18. The van der Waals surface area contributed by atoms with Crippen molar-refractivity contribution in [2.24, 2.45) is 0 Å². The van der Waals surface area contributed by atoms with Gasteiger partial charge in [0.25, 0.3) is 0 Å². The average molecular weight is 476 g/mol. The van der Waals surface area contributed by atoms with Gasteiger partial charge in [0.2, 0.25) is 0 Å². The molecule has 2 aromatic heterocycles. The van der Waals surface area contributed by atoms with E-state index in [1.807, 2.05) is 34.9 Å². The van der Waals surface area contributed by atoms with Crippen molar-refractivity contribution < 1.29 is 24.5 Å². The highest BCUT2D eigenvalue weighted by atomic mass is 19.1. The van der Waals surface area contributed by atoms with Gasteiger partial charge in [-0.15, -0.1) is 0 Å². The molecule has 0 aliphatic carbocycles. The maximum absolute atomic E-state index is 13.7. The van der Waals surface area contributed by atoms with E-state index in [1.54, 1.807) is 24.4 Å². The molecule has 2 N–H and O–H groups in total. The number of imidazole rings is 1. The second kappa shape index (κ2) is 11.0. The molecule has 8 nitrogen and oxygen atoms in total. The fourth-order valence-electron chi connectivity index (χ4n) is 3.97. The van der Waals surface area contributed by atoms with E-state index in [2.05, 4.69) is 9.97 Å². The first-order valence-electron chi connectivity index (χ1n) is 11.2. The lowest BCUT2D eigenvalue weighted by molar-refractivity contribution is -0.307. The van der Waals surface area contributed by atoms with E-state index in [0.717, 1.165) is 5.56 Å². The van der Waals surface area contributed by atoms with Gasteiger partial charge in [0.05, 0.1) is 23.6 Å². The summed E-state index contributed by atoms with van der Waals surface area (Å²) in [6, 6.07) is 17.3. The molecule has 2 heterocycles. The molecule has 180 valence electrons. The van der Waals surface area contributed by atoms with Crippen LogP contribution in [0.1, 0.15) is 19.3 Å². The largest absolute Gasteiger partial charge is 0.550 e. The Balaban J connectivity index is 1.78. The maximum Gasteiger partial charge on any atom is 0.141 e. The predicted octanol–water partition coefficient (Wildman–Crippen LogP) is 2.46. The molecule has 2 atom stereocenters. The molecule has 0 aliphatic rings.